The van der Waals surface area contributed by atoms with Gasteiger partial charge in [-0.25, -0.2) is 0 Å². The average molecular weight is 934 g/mol. The van der Waals surface area contributed by atoms with Crippen LogP contribution < -0.4 is 0 Å². The third-order valence-electron chi connectivity index (χ3n) is 14.4. The second kappa shape index (κ2) is 52.8. The first-order valence-electron chi connectivity index (χ1n) is 29.8. The smallest absolute Gasteiger partial charge is 0.306 e. The van der Waals surface area contributed by atoms with E-state index in [9.17, 15) is 14.4 Å². The predicted octanol–water partition coefficient (Wildman–Crippen LogP) is 19.7. The Kier molecular flexibility index (Phi) is 51.5. The maximum absolute atomic E-state index is 12.9. The second-order valence-electron chi connectivity index (χ2n) is 21.1. The number of carbonyl (C=O) groups excluding carboxylic acids is 3. The molecule has 0 bridgehead atoms. The Bertz CT molecular complexity index is 1010. The molecule has 0 aliphatic rings. The fraction of sp³-hybridized carbons (Fsp3) is 0.950. The predicted molar refractivity (Wildman–Crippen MR) is 284 cm³/mol. The minimum atomic E-state index is -0.763. The van der Waals surface area contributed by atoms with Crippen LogP contribution in [0.2, 0.25) is 0 Å². The number of ether oxygens (including phenoxy) is 3. The quantitative estimate of drug-likeness (QED) is 0.0343. The standard InChI is InChI=1S/C60H116O6/c1-6-9-10-11-12-13-14-15-16-17-18-19-23-26-29-35-40-45-50-58(61)64-53-57(54-65-59(62)51-46-41-36-32-31-34-39-44-49-56(5)8-3)66-60(63)52-47-42-37-30-27-24-21-20-22-25-28-33-38-43-48-55(4)7-2/h55-57H,6-54H2,1-5H3/t55?,56?,57-/m0/s1. The first-order chi connectivity index (χ1) is 32.3. The van der Waals surface area contributed by atoms with E-state index in [1.165, 1.54) is 225 Å². The lowest BCUT2D eigenvalue weighted by molar-refractivity contribution is -0.167. The van der Waals surface area contributed by atoms with Gasteiger partial charge in [-0.2, -0.15) is 0 Å². The van der Waals surface area contributed by atoms with E-state index < -0.39 is 6.10 Å². The Labute approximate surface area is 412 Å². The summed E-state index contributed by atoms with van der Waals surface area (Å²) >= 11 is 0. The third-order valence-corrected chi connectivity index (χ3v) is 14.4. The van der Waals surface area contributed by atoms with Crippen molar-refractivity contribution in [2.75, 3.05) is 13.2 Å². The van der Waals surface area contributed by atoms with E-state index in [-0.39, 0.29) is 31.1 Å². The van der Waals surface area contributed by atoms with Gasteiger partial charge in [0.15, 0.2) is 6.10 Å². The van der Waals surface area contributed by atoms with Gasteiger partial charge < -0.3 is 14.2 Å². The highest BCUT2D eigenvalue weighted by atomic mass is 16.6. The zero-order valence-corrected chi connectivity index (χ0v) is 45.3. The number of carbonyl (C=O) groups is 3. The van der Waals surface area contributed by atoms with Crippen LogP contribution in [-0.2, 0) is 28.6 Å². The summed E-state index contributed by atoms with van der Waals surface area (Å²) in [5.74, 6) is 0.903. The van der Waals surface area contributed by atoms with E-state index in [4.69, 9.17) is 14.2 Å². The van der Waals surface area contributed by atoms with Crippen molar-refractivity contribution in [2.24, 2.45) is 11.8 Å². The van der Waals surface area contributed by atoms with Crippen molar-refractivity contribution in [3.8, 4) is 0 Å². The fourth-order valence-electron chi connectivity index (χ4n) is 9.16. The number of rotatable bonds is 54. The van der Waals surface area contributed by atoms with Crippen molar-refractivity contribution in [1.82, 2.24) is 0 Å². The Balaban J connectivity index is 4.28. The van der Waals surface area contributed by atoms with E-state index in [0.717, 1.165) is 69.6 Å². The SMILES string of the molecule is CCCCCCCCCCCCCCCCCCCCC(=O)OC[C@@H](COC(=O)CCCCCCCCCCC(C)CC)OC(=O)CCCCCCCCCCCCCCCCC(C)CC. The molecule has 0 aromatic rings. The van der Waals surface area contributed by atoms with Crippen molar-refractivity contribution in [3.63, 3.8) is 0 Å². The van der Waals surface area contributed by atoms with Crippen LogP contribution in [-0.4, -0.2) is 37.2 Å². The van der Waals surface area contributed by atoms with Gasteiger partial charge in [0.25, 0.3) is 0 Å². The summed E-state index contributed by atoms with van der Waals surface area (Å²) in [7, 11) is 0. The lowest BCUT2D eigenvalue weighted by Crippen LogP contribution is -2.30. The number of unbranched alkanes of at least 4 members (excludes halogenated alkanes) is 37. The molecule has 0 aliphatic carbocycles. The second-order valence-corrected chi connectivity index (χ2v) is 21.1. The zero-order valence-electron chi connectivity index (χ0n) is 45.3. The maximum Gasteiger partial charge on any atom is 0.306 e. The number of hydrogen-bond acceptors (Lipinski definition) is 6. The van der Waals surface area contributed by atoms with E-state index >= 15 is 0 Å². The van der Waals surface area contributed by atoms with Crippen LogP contribution >= 0.6 is 0 Å². The normalized spacial score (nSPS) is 12.9. The van der Waals surface area contributed by atoms with E-state index in [2.05, 4.69) is 34.6 Å². The van der Waals surface area contributed by atoms with Crippen LogP contribution in [0.15, 0.2) is 0 Å². The molecule has 0 heterocycles. The molecule has 0 radical (unpaired) electrons. The molecule has 0 aromatic carbocycles. The van der Waals surface area contributed by atoms with Crippen molar-refractivity contribution < 1.29 is 28.6 Å². The van der Waals surface area contributed by atoms with Crippen molar-refractivity contribution in [3.05, 3.63) is 0 Å². The highest BCUT2D eigenvalue weighted by Gasteiger charge is 2.19. The molecular formula is C60H116O6. The molecule has 0 amide bonds. The Morgan fingerprint density at radius 2 is 0.530 bits per heavy atom. The van der Waals surface area contributed by atoms with Gasteiger partial charge in [-0.15, -0.1) is 0 Å². The topological polar surface area (TPSA) is 78.9 Å². The van der Waals surface area contributed by atoms with E-state index in [1.807, 2.05) is 0 Å². The van der Waals surface area contributed by atoms with Gasteiger partial charge in [0.1, 0.15) is 13.2 Å². The lowest BCUT2D eigenvalue weighted by atomic mass is 9.99. The molecule has 66 heavy (non-hydrogen) atoms. The van der Waals surface area contributed by atoms with Gasteiger partial charge in [0, 0.05) is 19.3 Å². The third kappa shape index (κ3) is 50.3. The molecule has 0 N–H and O–H groups in total. The van der Waals surface area contributed by atoms with Gasteiger partial charge in [-0.1, -0.05) is 298 Å². The van der Waals surface area contributed by atoms with Crippen molar-refractivity contribution in [2.45, 2.75) is 343 Å². The molecule has 0 saturated carbocycles. The van der Waals surface area contributed by atoms with Crippen LogP contribution in [0.1, 0.15) is 336 Å². The van der Waals surface area contributed by atoms with Crippen LogP contribution in [0.25, 0.3) is 0 Å². The molecule has 0 rings (SSSR count). The average Bonchev–Trinajstić information content (AvgIpc) is 3.32. The fourth-order valence-corrected chi connectivity index (χ4v) is 9.16. The molecule has 0 aliphatic heterocycles. The molecular weight excluding hydrogens is 817 g/mol. The van der Waals surface area contributed by atoms with Crippen molar-refractivity contribution in [1.29, 1.82) is 0 Å². The van der Waals surface area contributed by atoms with Crippen LogP contribution in [0.3, 0.4) is 0 Å². The largest absolute Gasteiger partial charge is 0.462 e. The van der Waals surface area contributed by atoms with Crippen LogP contribution in [0.4, 0.5) is 0 Å². The highest BCUT2D eigenvalue weighted by molar-refractivity contribution is 5.71. The molecule has 0 aromatic heterocycles. The molecule has 6 nitrogen and oxygen atoms in total. The minimum Gasteiger partial charge on any atom is -0.462 e. The molecule has 392 valence electrons. The first kappa shape index (κ1) is 64.4. The Morgan fingerprint density at radius 3 is 0.788 bits per heavy atom. The molecule has 6 heteroatoms. The zero-order chi connectivity index (χ0) is 48.2. The summed E-state index contributed by atoms with van der Waals surface area (Å²) in [4.78, 5) is 38.2. The molecule has 2 unspecified atom stereocenters. The number of esters is 3. The monoisotopic (exact) mass is 933 g/mol. The summed E-state index contributed by atoms with van der Waals surface area (Å²) in [5, 5.41) is 0. The minimum absolute atomic E-state index is 0.0629. The molecule has 0 fully saturated rings. The van der Waals surface area contributed by atoms with Gasteiger partial charge in [0.2, 0.25) is 0 Å². The van der Waals surface area contributed by atoms with Gasteiger partial charge in [-0.3, -0.25) is 14.4 Å². The summed E-state index contributed by atoms with van der Waals surface area (Å²) in [5.41, 5.74) is 0. The van der Waals surface area contributed by atoms with Crippen molar-refractivity contribution >= 4 is 17.9 Å². The molecule has 0 saturated heterocycles. The lowest BCUT2D eigenvalue weighted by Gasteiger charge is -2.18. The highest BCUT2D eigenvalue weighted by Crippen LogP contribution is 2.19. The summed E-state index contributed by atoms with van der Waals surface area (Å²) < 4.78 is 16.9. The Morgan fingerprint density at radius 1 is 0.303 bits per heavy atom. The summed E-state index contributed by atoms with van der Waals surface area (Å²) in [6, 6.07) is 0. The molecule has 3 atom stereocenters. The number of hydrogen-bond donors (Lipinski definition) is 0. The Hall–Kier alpha value is -1.59. The van der Waals surface area contributed by atoms with Gasteiger partial charge in [0.05, 0.1) is 0 Å². The maximum atomic E-state index is 12.9. The summed E-state index contributed by atoms with van der Waals surface area (Å²) in [6.45, 7) is 11.5. The van der Waals surface area contributed by atoms with Crippen LogP contribution in [0, 0.1) is 11.8 Å². The first-order valence-corrected chi connectivity index (χ1v) is 29.8. The van der Waals surface area contributed by atoms with E-state index in [1.54, 1.807) is 0 Å². The van der Waals surface area contributed by atoms with Crippen LogP contribution in [0.5, 0.6) is 0 Å². The summed E-state index contributed by atoms with van der Waals surface area (Å²) in [6.07, 6.45) is 56.6. The molecule has 0 spiro atoms. The van der Waals surface area contributed by atoms with E-state index in [0.29, 0.717) is 19.3 Å². The van der Waals surface area contributed by atoms with Gasteiger partial charge in [-0.05, 0) is 31.1 Å². The van der Waals surface area contributed by atoms with Gasteiger partial charge >= 0.3 is 17.9 Å².